The summed E-state index contributed by atoms with van der Waals surface area (Å²) in [6, 6.07) is 4.79. The predicted molar refractivity (Wildman–Crippen MR) is 144 cm³/mol. The topological polar surface area (TPSA) is 117 Å². The van der Waals surface area contributed by atoms with Gasteiger partial charge in [0, 0.05) is 41.6 Å². The van der Waals surface area contributed by atoms with Gasteiger partial charge in [0.25, 0.3) is 0 Å². The van der Waals surface area contributed by atoms with Crippen LogP contribution in [0.2, 0.25) is 5.02 Å². The Morgan fingerprint density at radius 1 is 1.24 bits per heavy atom. The molecular weight excluding hydrogens is 510 g/mol. The molecule has 0 radical (unpaired) electrons. The van der Waals surface area contributed by atoms with Crippen molar-refractivity contribution < 1.29 is 23.9 Å². The standard InChI is InChI=1S/C27H32ClN5O5/c1-27(2)15-33(13-23(34)32-8-5-16(6-9-32)26(36)37-3)22(14-38-27)25(35)31-20-11-17(28)10-19-18-4-7-29-12-21(18)30-24(19)20/h4,7,10-12,16,22,30H,5-6,8-9,13-15H2,1-3H3,(H,31,35). The number of morpholine rings is 1. The normalized spacial score (nSPS) is 20.5. The first-order chi connectivity index (χ1) is 18.1. The molecule has 2 N–H and O–H groups in total. The molecule has 2 aliphatic rings. The quantitative estimate of drug-likeness (QED) is 0.476. The third kappa shape index (κ3) is 5.34. The zero-order chi connectivity index (χ0) is 27.0. The van der Waals surface area contributed by atoms with Gasteiger partial charge in [-0.3, -0.25) is 24.3 Å². The van der Waals surface area contributed by atoms with Crippen molar-refractivity contribution in [2.45, 2.75) is 38.3 Å². The molecule has 2 aliphatic heterocycles. The molecule has 5 rings (SSSR count). The van der Waals surface area contributed by atoms with Crippen LogP contribution in [0.15, 0.2) is 30.6 Å². The molecule has 38 heavy (non-hydrogen) atoms. The summed E-state index contributed by atoms with van der Waals surface area (Å²) in [6.07, 6.45) is 4.58. The number of esters is 1. The number of nitrogens with one attached hydrogen (secondary N) is 2. The summed E-state index contributed by atoms with van der Waals surface area (Å²) in [4.78, 5) is 49.8. The molecule has 1 aromatic carbocycles. The van der Waals surface area contributed by atoms with E-state index in [0.29, 0.717) is 43.2 Å². The first-order valence-electron chi connectivity index (χ1n) is 12.7. The number of carbonyl (C=O) groups excluding carboxylic acids is 3. The minimum Gasteiger partial charge on any atom is -0.469 e. The predicted octanol–water partition coefficient (Wildman–Crippen LogP) is 3.20. The summed E-state index contributed by atoms with van der Waals surface area (Å²) >= 11 is 6.42. The number of aromatic amines is 1. The lowest BCUT2D eigenvalue weighted by atomic mass is 9.97. The summed E-state index contributed by atoms with van der Waals surface area (Å²) in [5, 5.41) is 5.35. The smallest absolute Gasteiger partial charge is 0.308 e. The van der Waals surface area contributed by atoms with Crippen LogP contribution in [0.4, 0.5) is 5.69 Å². The lowest BCUT2D eigenvalue weighted by Gasteiger charge is -2.43. The van der Waals surface area contributed by atoms with E-state index in [1.165, 1.54) is 7.11 Å². The van der Waals surface area contributed by atoms with E-state index >= 15 is 0 Å². The number of carbonyl (C=O) groups is 3. The molecule has 2 fully saturated rings. The molecule has 2 amide bonds. The molecular formula is C27H32ClN5O5. The van der Waals surface area contributed by atoms with Gasteiger partial charge in [-0.1, -0.05) is 11.6 Å². The largest absolute Gasteiger partial charge is 0.469 e. The van der Waals surface area contributed by atoms with E-state index < -0.39 is 11.6 Å². The van der Waals surface area contributed by atoms with Crippen LogP contribution in [-0.2, 0) is 23.9 Å². The van der Waals surface area contributed by atoms with Gasteiger partial charge >= 0.3 is 5.97 Å². The van der Waals surface area contributed by atoms with E-state index in [1.807, 2.05) is 30.9 Å². The minimum absolute atomic E-state index is 0.0721. The number of amides is 2. The van der Waals surface area contributed by atoms with Gasteiger partial charge in [0.15, 0.2) is 0 Å². The lowest BCUT2D eigenvalue weighted by Crippen LogP contribution is -2.60. The number of H-pyrrole nitrogens is 1. The van der Waals surface area contributed by atoms with E-state index in [-0.39, 0.29) is 36.9 Å². The molecule has 0 aliphatic carbocycles. The number of benzene rings is 1. The molecule has 4 heterocycles. The Labute approximate surface area is 225 Å². The molecule has 1 unspecified atom stereocenters. The SMILES string of the molecule is COC(=O)C1CCN(C(=O)CN2CC(C)(C)OCC2C(=O)Nc2cc(Cl)cc3c2[nH]c2cnccc23)CC1. The van der Waals surface area contributed by atoms with Crippen molar-refractivity contribution in [3.63, 3.8) is 0 Å². The van der Waals surface area contributed by atoms with Crippen LogP contribution in [0.25, 0.3) is 21.8 Å². The molecule has 0 bridgehead atoms. The van der Waals surface area contributed by atoms with Crippen LogP contribution < -0.4 is 5.32 Å². The number of rotatable bonds is 5. The van der Waals surface area contributed by atoms with Crippen LogP contribution in [0.1, 0.15) is 26.7 Å². The molecule has 0 saturated carbocycles. The summed E-state index contributed by atoms with van der Waals surface area (Å²) < 4.78 is 10.8. The number of nitrogens with zero attached hydrogens (tertiary/aromatic N) is 3. The van der Waals surface area contributed by atoms with Crippen molar-refractivity contribution in [1.29, 1.82) is 0 Å². The lowest BCUT2D eigenvalue weighted by molar-refractivity contribution is -0.154. The van der Waals surface area contributed by atoms with Crippen LogP contribution in [-0.4, -0.2) is 89.1 Å². The van der Waals surface area contributed by atoms with Gasteiger partial charge in [-0.25, -0.2) is 0 Å². The van der Waals surface area contributed by atoms with E-state index in [1.54, 1.807) is 23.4 Å². The van der Waals surface area contributed by atoms with Gasteiger partial charge in [-0.15, -0.1) is 0 Å². The monoisotopic (exact) mass is 541 g/mol. The molecule has 202 valence electrons. The van der Waals surface area contributed by atoms with Crippen molar-refractivity contribution in [2.24, 2.45) is 5.92 Å². The molecule has 10 nitrogen and oxygen atoms in total. The Bertz CT molecular complexity index is 1380. The van der Waals surface area contributed by atoms with Gasteiger partial charge in [-0.05, 0) is 44.9 Å². The van der Waals surface area contributed by atoms with Crippen LogP contribution in [0.3, 0.4) is 0 Å². The third-order valence-corrected chi connectivity index (χ3v) is 7.63. The van der Waals surface area contributed by atoms with Gasteiger partial charge in [0.1, 0.15) is 6.04 Å². The summed E-state index contributed by atoms with van der Waals surface area (Å²) in [5.41, 5.74) is 1.63. The van der Waals surface area contributed by atoms with Gasteiger partial charge in [0.05, 0.1) is 54.7 Å². The first-order valence-corrected chi connectivity index (χ1v) is 13.1. The third-order valence-electron chi connectivity index (χ3n) is 7.41. The van der Waals surface area contributed by atoms with Crippen LogP contribution >= 0.6 is 11.6 Å². The molecule has 0 spiro atoms. The van der Waals surface area contributed by atoms with E-state index in [9.17, 15) is 14.4 Å². The van der Waals surface area contributed by atoms with Gasteiger partial charge in [-0.2, -0.15) is 0 Å². The van der Waals surface area contributed by atoms with Crippen molar-refractivity contribution in [2.75, 3.05) is 45.2 Å². The highest BCUT2D eigenvalue weighted by molar-refractivity contribution is 6.33. The summed E-state index contributed by atoms with van der Waals surface area (Å²) in [6.45, 7) is 5.50. The number of likely N-dealkylation sites (tertiary alicyclic amines) is 1. The maximum absolute atomic E-state index is 13.6. The molecule has 11 heteroatoms. The second-order valence-electron chi connectivity index (χ2n) is 10.6. The van der Waals surface area contributed by atoms with E-state index in [0.717, 1.165) is 21.8 Å². The fraction of sp³-hybridized carbons (Fsp3) is 0.481. The highest BCUT2D eigenvalue weighted by atomic mass is 35.5. The zero-order valence-electron chi connectivity index (χ0n) is 21.8. The van der Waals surface area contributed by atoms with E-state index in [4.69, 9.17) is 21.1 Å². The average Bonchev–Trinajstić information content (AvgIpc) is 3.26. The number of hydrogen-bond acceptors (Lipinski definition) is 7. The zero-order valence-corrected chi connectivity index (χ0v) is 22.5. The van der Waals surface area contributed by atoms with Gasteiger partial charge in [0.2, 0.25) is 11.8 Å². The number of pyridine rings is 1. The number of anilines is 1. The molecule has 2 saturated heterocycles. The van der Waals surface area contributed by atoms with Crippen molar-refractivity contribution in [3.8, 4) is 0 Å². The molecule has 3 aromatic rings. The fourth-order valence-electron chi connectivity index (χ4n) is 5.40. The number of piperidine rings is 1. The summed E-state index contributed by atoms with van der Waals surface area (Å²) in [7, 11) is 1.38. The summed E-state index contributed by atoms with van der Waals surface area (Å²) in [5.74, 6) is -0.764. The van der Waals surface area contributed by atoms with Crippen LogP contribution in [0.5, 0.6) is 0 Å². The maximum Gasteiger partial charge on any atom is 0.308 e. The average molecular weight is 542 g/mol. The Morgan fingerprint density at radius 3 is 2.74 bits per heavy atom. The van der Waals surface area contributed by atoms with Crippen molar-refractivity contribution in [1.82, 2.24) is 19.8 Å². The second kappa shape index (κ2) is 10.5. The van der Waals surface area contributed by atoms with Gasteiger partial charge < -0.3 is 24.7 Å². The van der Waals surface area contributed by atoms with E-state index in [2.05, 4.69) is 15.3 Å². The second-order valence-corrected chi connectivity index (χ2v) is 11.0. The minimum atomic E-state index is -0.667. The van der Waals surface area contributed by atoms with Crippen molar-refractivity contribution in [3.05, 3.63) is 35.6 Å². The number of halogens is 1. The van der Waals surface area contributed by atoms with Crippen molar-refractivity contribution >= 4 is 56.9 Å². The highest BCUT2D eigenvalue weighted by Crippen LogP contribution is 2.33. The Balaban J connectivity index is 1.33. The van der Waals surface area contributed by atoms with Crippen LogP contribution in [0, 0.1) is 5.92 Å². The first kappa shape index (κ1) is 26.4. The Kier molecular flexibility index (Phi) is 7.30. The maximum atomic E-state index is 13.6. The molecule has 2 aromatic heterocycles. The number of methoxy groups -OCH3 is 1. The Morgan fingerprint density at radius 2 is 2.00 bits per heavy atom. The Hall–Kier alpha value is -3.21. The number of ether oxygens (including phenoxy) is 2. The fourth-order valence-corrected chi connectivity index (χ4v) is 5.62. The number of aromatic nitrogens is 2. The number of hydrogen-bond donors (Lipinski definition) is 2. The highest BCUT2D eigenvalue weighted by Gasteiger charge is 2.39. The molecule has 1 atom stereocenters. The number of fused-ring (bicyclic) bond motifs is 3.